The Hall–Kier alpha value is -2.70. The first-order valence-corrected chi connectivity index (χ1v) is 8.75. The molecule has 0 saturated carbocycles. The Morgan fingerprint density at radius 3 is 2.63 bits per heavy atom. The molecule has 0 fully saturated rings. The van der Waals surface area contributed by atoms with Crippen LogP contribution in [0.3, 0.4) is 0 Å². The maximum absolute atomic E-state index is 14.2. The van der Waals surface area contributed by atoms with Crippen molar-refractivity contribution in [3.8, 4) is 0 Å². The largest absolute Gasteiger partial charge is 0.360 e. The van der Waals surface area contributed by atoms with Crippen molar-refractivity contribution >= 4 is 23.3 Å². The van der Waals surface area contributed by atoms with Gasteiger partial charge < -0.3 is 9.84 Å². The third-order valence-corrected chi connectivity index (χ3v) is 4.51. The fraction of sp³-hybridized carbons (Fsp3) is 0.200. The number of halogens is 2. The summed E-state index contributed by atoms with van der Waals surface area (Å²) in [6.07, 6.45) is 0. The minimum Gasteiger partial charge on any atom is -0.360 e. The highest BCUT2D eigenvalue weighted by Crippen LogP contribution is 2.27. The zero-order valence-electron chi connectivity index (χ0n) is 14.9. The number of nitrogens with zero attached hydrogens (tertiary/aromatic N) is 2. The first-order chi connectivity index (χ1) is 13.0. The van der Waals surface area contributed by atoms with Gasteiger partial charge in [0, 0.05) is 23.2 Å². The first-order valence-electron chi connectivity index (χ1n) is 8.38. The topological polar surface area (TPSA) is 58.4 Å². The molecule has 1 heterocycles. The predicted octanol–water partition coefficient (Wildman–Crippen LogP) is 4.59. The van der Waals surface area contributed by atoms with Crippen molar-refractivity contribution in [2.24, 2.45) is 0 Å². The second kappa shape index (κ2) is 8.33. The average molecular weight is 388 g/mol. The number of anilines is 1. The van der Waals surface area contributed by atoms with E-state index in [1.54, 1.807) is 37.1 Å². The van der Waals surface area contributed by atoms with Crippen molar-refractivity contribution in [2.75, 3.05) is 12.4 Å². The third-order valence-electron chi connectivity index (χ3n) is 4.15. The predicted molar refractivity (Wildman–Crippen MR) is 102 cm³/mol. The molecule has 7 heteroatoms. The summed E-state index contributed by atoms with van der Waals surface area (Å²) < 4.78 is 19.2. The number of aromatic nitrogens is 1. The van der Waals surface area contributed by atoms with Crippen LogP contribution in [0.15, 0.2) is 59.1 Å². The molecule has 0 saturated heterocycles. The molecule has 140 valence electrons. The van der Waals surface area contributed by atoms with E-state index in [-0.39, 0.29) is 12.5 Å². The van der Waals surface area contributed by atoms with E-state index < -0.39 is 11.9 Å². The number of amides is 1. The van der Waals surface area contributed by atoms with E-state index in [4.69, 9.17) is 16.1 Å². The molecule has 1 aromatic heterocycles. The smallest absolute Gasteiger partial charge is 0.247 e. The van der Waals surface area contributed by atoms with Gasteiger partial charge in [-0.25, -0.2) is 4.39 Å². The fourth-order valence-corrected chi connectivity index (χ4v) is 3.11. The number of aryl methyl sites for hydroxylation is 1. The molecule has 0 bridgehead atoms. The maximum Gasteiger partial charge on any atom is 0.247 e. The van der Waals surface area contributed by atoms with Crippen molar-refractivity contribution in [3.63, 3.8) is 0 Å². The van der Waals surface area contributed by atoms with Gasteiger partial charge in [-0.05, 0) is 31.7 Å². The van der Waals surface area contributed by atoms with E-state index in [1.807, 2.05) is 30.3 Å². The number of likely N-dealkylation sites (N-methyl/N-ethyl adjacent to an activating group) is 1. The highest BCUT2D eigenvalue weighted by atomic mass is 35.5. The minimum atomic E-state index is -0.668. The summed E-state index contributed by atoms with van der Waals surface area (Å²) in [6, 6.07) is 14.7. The van der Waals surface area contributed by atoms with Gasteiger partial charge in [0.25, 0.3) is 0 Å². The molecule has 1 amide bonds. The normalized spacial score (nSPS) is 12.2. The lowest BCUT2D eigenvalue weighted by Gasteiger charge is -2.27. The second-order valence-electron chi connectivity index (χ2n) is 6.24. The third kappa shape index (κ3) is 4.53. The quantitative estimate of drug-likeness (QED) is 0.672. The van der Waals surface area contributed by atoms with Gasteiger partial charge >= 0.3 is 0 Å². The summed E-state index contributed by atoms with van der Waals surface area (Å²) in [5.41, 5.74) is 1.11. The van der Waals surface area contributed by atoms with Crippen molar-refractivity contribution in [1.29, 1.82) is 0 Å². The Bertz CT molecular complexity index is 910. The molecule has 0 aliphatic carbocycles. The number of benzene rings is 2. The van der Waals surface area contributed by atoms with Crippen LogP contribution in [0.4, 0.5) is 10.2 Å². The van der Waals surface area contributed by atoms with Gasteiger partial charge in [-0.1, -0.05) is 53.2 Å². The molecule has 0 aliphatic heterocycles. The minimum absolute atomic E-state index is 0.163. The first kappa shape index (κ1) is 19.1. The van der Waals surface area contributed by atoms with Crippen LogP contribution < -0.4 is 5.32 Å². The number of hydrogen-bond acceptors (Lipinski definition) is 4. The van der Waals surface area contributed by atoms with E-state index in [0.29, 0.717) is 22.2 Å². The van der Waals surface area contributed by atoms with Crippen molar-refractivity contribution in [2.45, 2.75) is 19.5 Å². The highest BCUT2D eigenvalue weighted by Gasteiger charge is 2.27. The van der Waals surface area contributed by atoms with Crippen LogP contribution in [0.1, 0.15) is 22.9 Å². The lowest BCUT2D eigenvalue weighted by Crippen LogP contribution is -2.34. The molecule has 1 atom stereocenters. The Kier molecular flexibility index (Phi) is 5.88. The van der Waals surface area contributed by atoms with Crippen molar-refractivity contribution in [3.05, 3.63) is 82.3 Å². The molecule has 3 rings (SSSR count). The summed E-state index contributed by atoms with van der Waals surface area (Å²) >= 11 is 6.15. The second-order valence-corrected chi connectivity index (χ2v) is 6.65. The molecule has 0 spiro atoms. The van der Waals surface area contributed by atoms with Crippen LogP contribution in [0.5, 0.6) is 0 Å². The van der Waals surface area contributed by atoms with Gasteiger partial charge in [-0.2, -0.15) is 0 Å². The van der Waals surface area contributed by atoms with Crippen LogP contribution in [-0.4, -0.2) is 23.0 Å². The Morgan fingerprint density at radius 1 is 1.26 bits per heavy atom. The van der Waals surface area contributed by atoms with Crippen LogP contribution in [-0.2, 0) is 11.3 Å². The zero-order chi connectivity index (χ0) is 19.4. The molecule has 0 radical (unpaired) electrons. The number of carbonyl (C=O) groups is 1. The maximum atomic E-state index is 14.2. The SMILES string of the molecule is Cc1cc(NC(=O)C(c2ccccc2)N(C)Cc2c(F)cccc2Cl)no1. The highest BCUT2D eigenvalue weighted by molar-refractivity contribution is 6.31. The van der Waals surface area contributed by atoms with E-state index in [9.17, 15) is 9.18 Å². The van der Waals surface area contributed by atoms with Gasteiger partial charge in [0.1, 0.15) is 17.6 Å². The van der Waals surface area contributed by atoms with Crippen LogP contribution in [0.25, 0.3) is 0 Å². The molecular weight excluding hydrogens is 369 g/mol. The lowest BCUT2D eigenvalue weighted by molar-refractivity contribution is -0.121. The summed E-state index contributed by atoms with van der Waals surface area (Å²) in [4.78, 5) is 14.7. The Labute approximate surface area is 161 Å². The summed E-state index contributed by atoms with van der Waals surface area (Å²) in [7, 11) is 1.74. The summed E-state index contributed by atoms with van der Waals surface area (Å²) in [6.45, 7) is 1.90. The van der Waals surface area contributed by atoms with Gasteiger partial charge in [0.15, 0.2) is 5.82 Å². The Morgan fingerprint density at radius 2 is 2.00 bits per heavy atom. The number of hydrogen-bond donors (Lipinski definition) is 1. The van der Waals surface area contributed by atoms with Crippen LogP contribution >= 0.6 is 11.6 Å². The van der Waals surface area contributed by atoms with E-state index >= 15 is 0 Å². The average Bonchev–Trinajstić information content (AvgIpc) is 3.04. The van der Waals surface area contributed by atoms with Crippen LogP contribution in [0, 0.1) is 12.7 Å². The van der Waals surface area contributed by atoms with Crippen LogP contribution in [0.2, 0.25) is 5.02 Å². The van der Waals surface area contributed by atoms with E-state index in [1.165, 1.54) is 6.07 Å². The van der Waals surface area contributed by atoms with Crippen molar-refractivity contribution in [1.82, 2.24) is 10.1 Å². The number of carbonyl (C=O) groups excluding carboxylic acids is 1. The van der Waals surface area contributed by atoms with Crippen molar-refractivity contribution < 1.29 is 13.7 Å². The van der Waals surface area contributed by atoms with Gasteiger partial charge in [0.2, 0.25) is 5.91 Å². The van der Waals surface area contributed by atoms with Gasteiger partial charge in [-0.3, -0.25) is 9.69 Å². The Balaban J connectivity index is 1.88. The molecule has 2 aromatic carbocycles. The lowest BCUT2D eigenvalue weighted by atomic mass is 10.0. The summed E-state index contributed by atoms with van der Waals surface area (Å²) in [5, 5.41) is 6.86. The molecular formula is C20H19ClFN3O2. The molecule has 5 nitrogen and oxygen atoms in total. The molecule has 1 unspecified atom stereocenters. The molecule has 0 aliphatic rings. The standard InChI is InChI=1S/C20H19ClFN3O2/c1-13-11-18(24-27-13)23-20(26)19(14-7-4-3-5-8-14)25(2)12-15-16(21)9-6-10-17(15)22/h3-11,19H,12H2,1-2H3,(H,23,24,26). The summed E-state index contributed by atoms with van der Waals surface area (Å²) in [5.74, 6) is 0.210. The van der Waals surface area contributed by atoms with Gasteiger partial charge in [-0.15, -0.1) is 0 Å². The fourth-order valence-electron chi connectivity index (χ4n) is 2.89. The monoisotopic (exact) mass is 387 g/mol. The van der Waals surface area contributed by atoms with E-state index in [2.05, 4.69) is 10.5 Å². The molecule has 3 aromatic rings. The van der Waals surface area contributed by atoms with Gasteiger partial charge in [0.05, 0.1) is 0 Å². The molecule has 1 N–H and O–H groups in total. The number of rotatable bonds is 6. The number of nitrogens with one attached hydrogen (secondary N) is 1. The molecule has 27 heavy (non-hydrogen) atoms. The van der Waals surface area contributed by atoms with E-state index in [0.717, 1.165) is 5.56 Å². The zero-order valence-corrected chi connectivity index (χ0v) is 15.7.